The van der Waals surface area contributed by atoms with Crippen molar-refractivity contribution < 1.29 is 9.90 Å². The lowest BCUT2D eigenvalue weighted by molar-refractivity contribution is -0.137. The molecule has 0 amide bonds. The van der Waals surface area contributed by atoms with Gasteiger partial charge in [0, 0.05) is 17.5 Å². The van der Waals surface area contributed by atoms with Crippen LogP contribution in [0, 0.1) is 0 Å². The molecule has 0 radical (unpaired) electrons. The molecule has 4 heteroatoms. The molecular formula is C11H15NO2S. The molecule has 0 saturated carbocycles. The maximum absolute atomic E-state index is 10.4. The lowest BCUT2D eigenvalue weighted by atomic mass is 10.2. The number of rotatable bonds is 6. The maximum atomic E-state index is 10.4. The molecule has 3 N–H and O–H groups in total. The number of thioether (sulfide) groups is 1. The van der Waals surface area contributed by atoms with Crippen molar-refractivity contribution in [3.8, 4) is 0 Å². The zero-order chi connectivity index (χ0) is 11.1. The fourth-order valence-corrected chi connectivity index (χ4v) is 2.15. The van der Waals surface area contributed by atoms with Crippen LogP contribution in [-0.4, -0.2) is 22.9 Å². The van der Waals surface area contributed by atoms with Gasteiger partial charge in [0.1, 0.15) is 0 Å². The fourth-order valence-electron chi connectivity index (χ4n) is 1.19. The SMILES string of the molecule is N[C@H](CSCc1ccccc1)CC(=O)O. The van der Waals surface area contributed by atoms with Crippen LogP contribution in [0.15, 0.2) is 30.3 Å². The van der Waals surface area contributed by atoms with Gasteiger partial charge >= 0.3 is 5.97 Å². The number of aliphatic carboxylic acids is 1. The molecule has 0 bridgehead atoms. The number of hydrogen-bond donors (Lipinski definition) is 2. The summed E-state index contributed by atoms with van der Waals surface area (Å²) in [6.07, 6.45) is 0.0434. The molecule has 0 spiro atoms. The summed E-state index contributed by atoms with van der Waals surface area (Å²) in [6, 6.07) is 9.81. The van der Waals surface area contributed by atoms with Gasteiger partial charge in [0.05, 0.1) is 6.42 Å². The molecule has 1 atom stereocenters. The molecular weight excluding hydrogens is 210 g/mol. The van der Waals surface area contributed by atoms with Gasteiger partial charge in [-0.1, -0.05) is 30.3 Å². The first-order chi connectivity index (χ1) is 7.18. The monoisotopic (exact) mass is 225 g/mol. The van der Waals surface area contributed by atoms with Gasteiger partial charge in [-0.25, -0.2) is 0 Å². The summed E-state index contributed by atoms with van der Waals surface area (Å²) in [5.74, 6) is 0.734. The van der Waals surface area contributed by atoms with Crippen molar-refractivity contribution >= 4 is 17.7 Å². The number of benzene rings is 1. The largest absolute Gasteiger partial charge is 0.481 e. The summed E-state index contributed by atoms with van der Waals surface area (Å²) >= 11 is 1.67. The highest BCUT2D eigenvalue weighted by atomic mass is 32.2. The lowest BCUT2D eigenvalue weighted by Crippen LogP contribution is -2.26. The number of hydrogen-bond acceptors (Lipinski definition) is 3. The Hall–Kier alpha value is -1.00. The van der Waals surface area contributed by atoms with Crippen molar-refractivity contribution in [2.45, 2.75) is 18.2 Å². The molecule has 0 unspecified atom stereocenters. The lowest BCUT2D eigenvalue weighted by Gasteiger charge is -2.07. The Labute approximate surface area is 93.7 Å². The third-order valence-corrected chi connectivity index (χ3v) is 3.08. The predicted octanol–water partition coefficient (Wildman–Crippen LogP) is 1.72. The summed E-state index contributed by atoms with van der Waals surface area (Å²) < 4.78 is 0. The molecule has 0 aliphatic heterocycles. The van der Waals surface area contributed by atoms with Crippen molar-refractivity contribution in [1.82, 2.24) is 0 Å². The van der Waals surface area contributed by atoms with E-state index in [-0.39, 0.29) is 12.5 Å². The average molecular weight is 225 g/mol. The van der Waals surface area contributed by atoms with Gasteiger partial charge in [0.2, 0.25) is 0 Å². The molecule has 0 fully saturated rings. The topological polar surface area (TPSA) is 63.3 Å². The molecule has 0 saturated heterocycles. The minimum absolute atomic E-state index is 0.0434. The predicted molar refractivity (Wildman–Crippen MR) is 62.8 cm³/mol. The number of carbonyl (C=O) groups is 1. The second kappa shape index (κ2) is 6.48. The minimum Gasteiger partial charge on any atom is -0.481 e. The third kappa shape index (κ3) is 5.44. The van der Waals surface area contributed by atoms with Crippen molar-refractivity contribution in [1.29, 1.82) is 0 Å². The van der Waals surface area contributed by atoms with Gasteiger partial charge in [0.15, 0.2) is 0 Å². The van der Waals surface area contributed by atoms with E-state index in [0.717, 1.165) is 5.75 Å². The van der Waals surface area contributed by atoms with Gasteiger partial charge in [-0.3, -0.25) is 4.79 Å². The molecule has 0 aromatic heterocycles. The van der Waals surface area contributed by atoms with Crippen LogP contribution in [0.1, 0.15) is 12.0 Å². The van der Waals surface area contributed by atoms with Crippen LogP contribution in [0.5, 0.6) is 0 Å². The van der Waals surface area contributed by atoms with E-state index < -0.39 is 5.97 Å². The Balaban J connectivity index is 2.19. The van der Waals surface area contributed by atoms with E-state index in [4.69, 9.17) is 10.8 Å². The summed E-state index contributed by atoms with van der Waals surface area (Å²) in [5.41, 5.74) is 6.88. The number of carboxylic acids is 1. The summed E-state index contributed by atoms with van der Waals surface area (Å²) in [6.45, 7) is 0. The molecule has 0 aliphatic rings. The van der Waals surface area contributed by atoms with E-state index in [1.807, 2.05) is 18.2 Å². The first-order valence-electron chi connectivity index (χ1n) is 4.77. The van der Waals surface area contributed by atoms with Crippen molar-refractivity contribution in [3.05, 3.63) is 35.9 Å². The molecule has 3 nitrogen and oxygen atoms in total. The normalized spacial score (nSPS) is 12.3. The number of carboxylic acid groups (broad SMARTS) is 1. The first-order valence-corrected chi connectivity index (χ1v) is 5.93. The van der Waals surface area contributed by atoms with Crippen LogP contribution in [0.4, 0.5) is 0 Å². The second-order valence-electron chi connectivity index (χ2n) is 3.36. The summed E-state index contributed by atoms with van der Waals surface area (Å²) in [4.78, 5) is 10.4. The van der Waals surface area contributed by atoms with Gasteiger partial charge in [-0.15, -0.1) is 0 Å². The van der Waals surface area contributed by atoms with Gasteiger partial charge in [-0.05, 0) is 5.56 Å². The van der Waals surface area contributed by atoms with Gasteiger partial charge in [-0.2, -0.15) is 11.8 Å². The maximum Gasteiger partial charge on any atom is 0.304 e. The van der Waals surface area contributed by atoms with E-state index in [0.29, 0.717) is 5.75 Å². The second-order valence-corrected chi connectivity index (χ2v) is 4.39. The molecule has 0 aliphatic carbocycles. The van der Waals surface area contributed by atoms with Crippen LogP contribution in [-0.2, 0) is 10.5 Å². The molecule has 1 rings (SSSR count). The Morgan fingerprint density at radius 1 is 1.40 bits per heavy atom. The van der Waals surface area contributed by atoms with Crippen LogP contribution < -0.4 is 5.73 Å². The first kappa shape index (κ1) is 12.1. The minimum atomic E-state index is -0.831. The molecule has 1 aromatic rings. The molecule has 0 heterocycles. The molecule has 1 aromatic carbocycles. The van der Waals surface area contributed by atoms with Crippen LogP contribution in [0.2, 0.25) is 0 Å². The smallest absolute Gasteiger partial charge is 0.304 e. The van der Waals surface area contributed by atoms with Crippen molar-refractivity contribution in [2.75, 3.05) is 5.75 Å². The molecule has 82 valence electrons. The summed E-state index contributed by atoms with van der Waals surface area (Å²) in [7, 11) is 0. The standard InChI is InChI=1S/C11H15NO2S/c12-10(6-11(13)14)8-15-7-9-4-2-1-3-5-9/h1-5,10H,6-8,12H2,(H,13,14)/t10-/m0/s1. The Morgan fingerprint density at radius 3 is 2.67 bits per heavy atom. The van der Waals surface area contributed by atoms with E-state index in [2.05, 4.69) is 12.1 Å². The van der Waals surface area contributed by atoms with E-state index in [9.17, 15) is 4.79 Å². The quantitative estimate of drug-likeness (QED) is 0.773. The van der Waals surface area contributed by atoms with E-state index in [1.54, 1.807) is 11.8 Å². The number of nitrogens with two attached hydrogens (primary N) is 1. The van der Waals surface area contributed by atoms with Gasteiger partial charge < -0.3 is 10.8 Å². The van der Waals surface area contributed by atoms with E-state index >= 15 is 0 Å². The van der Waals surface area contributed by atoms with E-state index in [1.165, 1.54) is 5.56 Å². The van der Waals surface area contributed by atoms with Crippen LogP contribution in [0.25, 0.3) is 0 Å². The van der Waals surface area contributed by atoms with Gasteiger partial charge in [0.25, 0.3) is 0 Å². The third-order valence-electron chi connectivity index (χ3n) is 1.88. The fraction of sp³-hybridized carbons (Fsp3) is 0.364. The highest BCUT2D eigenvalue weighted by Crippen LogP contribution is 2.12. The Kier molecular flexibility index (Phi) is 5.21. The highest BCUT2D eigenvalue weighted by Gasteiger charge is 2.07. The van der Waals surface area contributed by atoms with Crippen molar-refractivity contribution in [2.24, 2.45) is 5.73 Å². The summed E-state index contributed by atoms with van der Waals surface area (Å²) in [5, 5.41) is 8.51. The average Bonchev–Trinajstić information content (AvgIpc) is 2.18. The molecule has 15 heavy (non-hydrogen) atoms. The Morgan fingerprint density at radius 2 is 2.07 bits per heavy atom. The Bertz CT molecular complexity index is 303. The zero-order valence-corrected chi connectivity index (χ0v) is 9.24. The van der Waals surface area contributed by atoms with Crippen molar-refractivity contribution in [3.63, 3.8) is 0 Å². The van der Waals surface area contributed by atoms with Crippen LogP contribution in [0.3, 0.4) is 0 Å². The highest BCUT2D eigenvalue weighted by molar-refractivity contribution is 7.98. The zero-order valence-electron chi connectivity index (χ0n) is 8.43. The van der Waals surface area contributed by atoms with Crippen LogP contribution >= 0.6 is 11.8 Å².